The van der Waals surface area contributed by atoms with Crippen LogP contribution < -0.4 is 0 Å². The van der Waals surface area contributed by atoms with E-state index in [1.165, 1.54) is 0 Å². The number of nitrogens with one attached hydrogen (secondary N) is 1. The first-order valence-electron chi connectivity index (χ1n) is 4.95. The van der Waals surface area contributed by atoms with Gasteiger partial charge >= 0.3 is 5.97 Å². The Hall–Kier alpha value is -1.77. The maximum atomic E-state index is 11.2. The first-order chi connectivity index (χ1) is 7.11. The average Bonchev–Trinajstić information content (AvgIpc) is 2.56. The van der Waals surface area contributed by atoms with Crippen molar-refractivity contribution in [3.05, 3.63) is 35.5 Å². The molecule has 1 aromatic heterocycles. The van der Waals surface area contributed by atoms with Crippen LogP contribution in [0.3, 0.4) is 0 Å². The van der Waals surface area contributed by atoms with Crippen LogP contribution in [0.25, 0.3) is 10.9 Å². The third kappa shape index (κ3) is 1.50. The minimum Gasteiger partial charge on any atom is -0.478 e. The number of hydrogen-bond acceptors (Lipinski definition) is 1. The summed E-state index contributed by atoms with van der Waals surface area (Å²) in [4.78, 5) is 14.3. The summed E-state index contributed by atoms with van der Waals surface area (Å²) < 4.78 is 0. The van der Waals surface area contributed by atoms with E-state index in [2.05, 4.69) is 4.98 Å². The van der Waals surface area contributed by atoms with Gasteiger partial charge in [0.25, 0.3) is 0 Å². The van der Waals surface area contributed by atoms with Gasteiger partial charge in [0.1, 0.15) is 0 Å². The smallest absolute Gasteiger partial charge is 0.338 e. The van der Waals surface area contributed by atoms with E-state index in [0.717, 1.165) is 16.6 Å². The van der Waals surface area contributed by atoms with Crippen molar-refractivity contribution in [1.29, 1.82) is 0 Å². The van der Waals surface area contributed by atoms with E-state index in [4.69, 9.17) is 0 Å². The topological polar surface area (TPSA) is 53.1 Å². The zero-order valence-corrected chi connectivity index (χ0v) is 8.74. The molecule has 78 valence electrons. The number of carboxylic acids is 1. The minimum absolute atomic E-state index is 0.184. The van der Waals surface area contributed by atoms with E-state index < -0.39 is 5.97 Å². The van der Waals surface area contributed by atoms with E-state index in [1.807, 2.05) is 38.1 Å². The molecule has 0 radical (unpaired) electrons. The molecule has 0 aliphatic carbocycles. The summed E-state index contributed by atoms with van der Waals surface area (Å²) in [7, 11) is 0. The normalized spacial score (nSPS) is 11.1. The minimum atomic E-state index is -0.865. The molecule has 0 saturated heterocycles. The van der Waals surface area contributed by atoms with E-state index >= 15 is 0 Å². The largest absolute Gasteiger partial charge is 0.478 e. The number of carbonyl (C=O) groups is 1. The van der Waals surface area contributed by atoms with Gasteiger partial charge in [0, 0.05) is 16.6 Å². The Labute approximate surface area is 87.7 Å². The summed E-state index contributed by atoms with van der Waals surface area (Å²) in [5.74, 6) is -0.681. The Morgan fingerprint density at radius 3 is 2.60 bits per heavy atom. The van der Waals surface area contributed by atoms with Crippen LogP contribution >= 0.6 is 0 Å². The number of aromatic nitrogens is 1. The molecule has 15 heavy (non-hydrogen) atoms. The third-order valence-electron chi connectivity index (χ3n) is 2.53. The highest BCUT2D eigenvalue weighted by atomic mass is 16.4. The Bertz CT molecular complexity index is 511. The molecule has 0 saturated carbocycles. The molecule has 0 aliphatic rings. The van der Waals surface area contributed by atoms with Gasteiger partial charge in [-0.3, -0.25) is 0 Å². The molecule has 0 bridgehead atoms. The van der Waals surface area contributed by atoms with Gasteiger partial charge in [-0.25, -0.2) is 4.79 Å². The molecule has 3 heteroatoms. The van der Waals surface area contributed by atoms with Crippen LogP contribution in [0, 0.1) is 0 Å². The lowest BCUT2D eigenvalue weighted by atomic mass is 10.0. The predicted octanol–water partition coefficient (Wildman–Crippen LogP) is 2.99. The average molecular weight is 203 g/mol. The van der Waals surface area contributed by atoms with Crippen LogP contribution in [0.2, 0.25) is 0 Å². The summed E-state index contributed by atoms with van der Waals surface area (Å²) in [5.41, 5.74) is 2.09. The van der Waals surface area contributed by atoms with Crippen molar-refractivity contribution in [2.24, 2.45) is 0 Å². The molecule has 3 nitrogen and oxygen atoms in total. The van der Waals surface area contributed by atoms with E-state index in [9.17, 15) is 9.90 Å². The quantitative estimate of drug-likeness (QED) is 0.788. The van der Waals surface area contributed by atoms with E-state index in [1.54, 1.807) is 0 Å². The zero-order valence-electron chi connectivity index (χ0n) is 8.74. The van der Waals surface area contributed by atoms with Gasteiger partial charge in [-0.1, -0.05) is 32.0 Å². The number of carboxylic acid groups (broad SMARTS) is 1. The fourth-order valence-corrected chi connectivity index (χ4v) is 1.83. The van der Waals surface area contributed by atoms with Gasteiger partial charge in [0.05, 0.1) is 5.56 Å². The SMILES string of the molecule is CC(C)c1[nH]c2ccccc2c1C(=O)O. The fraction of sp³-hybridized carbons (Fsp3) is 0.250. The number of aromatic amines is 1. The summed E-state index contributed by atoms with van der Waals surface area (Å²) in [6, 6.07) is 7.48. The van der Waals surface area contributed by atoms with Crippen molar-refractivity contribution in [2.45, 2.75) is 19.8 Å². The number of rotatable bonds is 2. The molecule has 0 aliphatic heterocycles. The highest BCUT2D eigenvalue weighted by Crippen LogP contribution is 2.27. The lowest BCUT2D eigenvalue weighted by Gasteiger charge is -2.03. The Morgan fingerprint density at radius 1 is 1.33 bits per heavy atom. The van der Waals surface area contributed by atoms with Crippen LogP contribution in [-0.2, 0) is 0 Å². The third-order valence-corrected chi connectivity index (χ3v) is 2.53. The number of para-hydroxylation sites is 1. The number of aromatic carboxylic acids is 1. The van der Waals surface area contributed by atoms with E-state index in [0.29, 0.717) is 5.56 Å². The maximum Gasteiger partial charge on any atom is 0.338 e. The second-order valence-electron chi connectivity index (χ2n) is 3.92. The van der Waals surface area contributed by atoms with E-state index in [-0.39, 0.29) is 5.92 Å². The number of fused-ring (bicyclic) bond motifs is 1. The van der Waals surface area contributed by atoms with Crippen molar-refractivity contribution in [3.63, 3.8) is 0 Å². The fourth-order valence-electron chi connectivity index (χ4n) is 1.83. The van der Waals surface area contributed by atoms with Gasteiger partial charge in [0.15, 0.2) is 0 Å². The van der Waals surface area contributed by atoms with Crippen molar-refractivity contribution in [1.82, 2.24) is 4.98 Å². The Kier molecular flexibility index (Phi) is 2.23. The molecule has 2 rings (SSSR count). The van der Waals surface area contributed by atoms with Crippen LogP contribution in [-0.4, -0.2) is 16.1 Å². The van der Waals surface area contributed by atoms with Crippen LogP contribution in [0.5, 0.6) is 0 Å². The van der Waals surface area contributed by atoms with Crippen molar-refractivity contribution < 1.29 is 9.90 Å². The second kappa shape index (κ2) is 3.42. The predicted molar refractivity (Wildman–Crippen MR) is 59.3 cm³/mol. The van der Waals surface area contributed by atoms with Crippen LogP contribution in [0.1, 0.15) is 35.8 Å². The summed E-state index contributed by atoms with van der Waals surface area (Å²) in [5, 5.41) is 9.97. The first-order valence-corrected chi connectivity index (χ1v) is 4.95. The van der Waals surface area contributed by atoms with Gasteiger partial charge in [0.2, 0.25) is 0 Å². The molecule has 0 atom stereocenters. The summed E-state index contributed by atoms with van der Waals surface area (Å²) in [6.45, 7) is 3.97. The van der Waals surface area contributed by atoms with Crippen molar-refractivity contribution >= 4 is 16.9 Å². The highest BCUT2D eigenvalue weighted by Gasteiger charge is 2.18. The Balaban J connectivity index is 2.80. The van der Waals surface area contributed by atoms with Crippen LogP contribution in [0.4, 0.5) is 0 Å². The molecular weight excluding hydrogens is 190 g/mol. The second-order valence-corrected chi connectivity index (χ2v) is 3.92. The molecule has 1 heterocycles. The van der Waals surface area contributed by atoms with Crippen LogP contribution in [0.15, 0.2) is 24.3 Å². The molecule has 2 N–H and O–H groups in total. The maximum absolute atomic E-state index is 11.2. The Morgan fingerprint density at radius 2 is 2.00 bits per heavy atom. The molecule has 0 unspecified atom stereocenters. The monoisotopic (exact) mass is 203 g/mol. The number of hydrogen-bond donors (Lipinski definition) is 2. The van der Waals surface area contributed by atoms with Crippen molar-refractivity contribution in [3.8, 4) is 0 Å². The van der Waals surface area contributed by atoms with Gasteiger partial charge in [-0.15, -0.1) is 0 Å². The van der Waals surface area contributed by atoms with Crippen molar-refractivity contribution in [2.75, 3.05) is 0 Å². The lowest BCUT2D eigenvalue weighted by Crippen LogP contribution is -2.01. The lowest BCUT2D eigenvalue weighted by molar-refractivity contribution is 0.0697. The van der Waals surface area contributed by atoms with Gasteiger partial charge in [-0.05, 0) is 12.0 Å². The highest BCUT2D eigenvalue weighted by molar-refractivity contribution is 6.04. The molecule has 2 aromatic rings. The van der Waals surface area contributed by atoms with Gasteiger partial charge < -0.3 is 10.1 Å². The molecule has 0 spiro atoms. The standard InChI is InChI=1S/C12H13NO2/c1-7(2)11-10(12(14)15)8-5-3-4-6-9(8)13-11/h3-7,13H,1-2H3,(H,14,15). The summed E-state index contributed by atoms with van der Waals surface area (Å²) in [6.07, 6.45) is 0. The summed E-state index contributed by atoms with van der Waals surface area (Å²) >= 11 is 0. The first kappa shape index (κ1) is 9.77. The number of benzene rings is 1. The van der Waals surface area contributed by atoms with Gasteiger partial charge in [-0.2, -0.15) is 0 Å². The molecule has 0 amide bonds. The molecule has 1 aromatic carbocycles. The molecule has 0 fully saturated rings. The zero-order chi connectivity index (χ0) is 11.0. The number of H-pyrrole nitrogens is 1. The molecular formula is C12H13NO2.